The maximum absolute atomic E-state index is 13.1. The standard InChI is InChI=1S/C27H36N2O2/c1-4-27(5-2)17-24(23-10-6-7-11-25(23)31-27)28-26(30)22-14-12-21(13-15-22)19-29-16-8-9-20(3)18-29/h6-7,10-15,20,24H,4-5,8-9,16-19H2,1-3H3,(H,28,30)/t20-,24-/m0/s1. The second-order valence-electron chi connectivity index (χ2n) is 9.44. The van der Waals surface area contributed by atoms with Gasteiger partial charge in [-0.25, -0.2) is 0 Å². The number of benzene rings is 2. The molecule has 0 aliphatic carbocycles. The van der Waals surface area contributed by atoms with Gasteiger partial charge in [0, 0.05) is 30.6 Å². The van der Waals surface area contributed by atoms with Gasteiger partial charge in [0.1, 0.15) is 11.4 Å². The first-order chi connectivity index (χ1) is 15.0. The average molecular weight is 421 g/mol. The van der Waals surface area contributed by atoms with Gasteiger partial charge in [-0.05, 0) is 61.9 Å². The predicted molar refractivity (Wildman–Crippen MR) is 125 cm³/mol. The molecule has 2 heterocycles. The number of hydrogen-bond donors (Lipinski definition) is 1. The van der Waals surface area contributed by atoms with Crippen LogP contribution in [0, 0.1) is 5.92 Å². The Morgan fingerprint density at radius 2 is 1.87 bits per heavy atom. The molecule has 4 rings (SSSR count). The van der Waals surface area contributed by atoms with Gasteiger partial charge in [0.25, 0.3) is 5.91 Å². The second-order valence-corrected chi connectivity index (χ2v) is 9.44. The normalized spacial score (nSPS) is 22.9. The predicted octanol–water partition coefficient (Wildman–Crippen LogP) is 5.73. The Balaban J connectivity index is 1.45. The average Bonchev–Trinajstić information content (AvgIpc) is 2.79. The highest BCUT2D eigenvalue weighted by atomic mass is 16.5. The number of fused-ring (bicyclic) bond motifs is 1. The maximum Gasteiger partial charge on any atom is 0.251 e. The molecule has 31 heavy (non-hydrogen) atoms. The van der Waals surface area contributed by atoms with Crippen molar-refractivity contribution in [3.05, 3.63) is 65.2 Å². The van der Waals surface area contributed by atoms with Gasteiger partial charge in [-0.15, -0.1) is 0 Å². The minimum atomic E-state index is -0.220. The number of ether oxygens (including phenoxy) is 1. The Labute approximate surface area is 187 Å². The number of nitrogens with one attached hydrogen (secondary N) is 1. The molecule has 1 amide bonds. The van der Waals surface area contributed by atoms with Crippen LogP contribution >= 0.6 is 0 Å². The van der Waals surface area contributed by atoms with Crippen molar-refractivity contribution in [1.29, 1.82) is 0 Å². The Morgan fingerprint density at radius 3 is 2.58 bits per heavy atom. The van der Waals surface area contributed by atoms with Crippen molar-refractivity contribution in [1.82, 2.24) is 10.2 Å². The van der Waals surface area contributed by atoms with E-state index in [1.165, 1.54) is 31.5 Å². The Morgan fingerprint density at radius 1 is 1.13 bits per heavy atom. The van der Waals surface area contributed by atoms with Gasteiger partial charge in [-0.1, -0.05) is 51.1 Å². The molecule has 1 fully saturated rings. The number of likely N-dealkylation sites (tertiary alicyclic amines) is 1. The number of hydrogen-bond acceptors (Lipinski definition) is 3. The number of piperidine rings is 1. The van der Waals surface area contributed by atoms with Gasteiger partial charge in [-0.2, -0.15) is 0 Å². The minimum Gasteiger partial charge on any atom is -0.487 e. The van der Waals surface area contributed by atoms with E-state index in [1.54, 1.807) is 0 Å². The van der Waals surface area contributed by atoms with E-state index >= 15 is 0 Å². The summed E-state index contributed by atoms with van der Waals surface area (Å²) >= 11 is 0. The Bertz CT molecular complexity index is 888. The summed E-state index contributed by atoms with van der Waals surface area (Å²) in [6.07, 6.45) is 5.27. The SMILES string of the molecule is CCC1(CC)C[C@H](NC(=O)c2ccc(CN3CCC[C@H](C)C3)cc2)c2ccccc2O1. The summed E-state index contributed by atoms with van der Waals surface area (Å²) in [5, 5.41) is 3.29. The van der Waals surface area contributed by atoms with Crippen LogP contribution in [-0.4, -0.2) is 29.5 Å². The van der Waals surface area contributed by atoms with Crippen molar-refractivity contribution in [2.75, 3.05) is 13.1 Å². The van der Waals surface area contributed by atoms with Gasteiger partial charge in [0.05, 0.1) is 6.04 Å². The van der Waals surface area contributed by atoms with E-state index in [0.29, 0.717) is 0 Å². The number of amides is 1. The summed E-state index contributed by atoms with van der Waals surface area (Å²) < 4.78 is 6.37. The zero-order valence-electron chi connectivity index (χ0n) is 19.2. The number of nitrogens with zero attached hydrogens (tertiary/aromatic N) is 1. The quantitative estimate of drug-likeness (QED) is 0.649. The van der Waals surface area contributed by atoms with Crippen molar-refractivity contribution < 1.29 is 9.53 Å². The largest absolute Gasteiger partial charge is 0.487 e. The zero-order chi connectivity index (χ0) is 21.8. The van der Waals surface area contributed by atoms with Crippen LogP contribution in [0.3, 0.4) is 0 Å². The summed E-state index contributed by atoms with van der Waals surface area (Å²) in [4.78, 5) is 15.6. The minimum absolute atomic E-state index is 0.0130. The van der Waals surface area contributed by atoms with Crippen LogP contribution in [0.5, 0.6) is 5.75 Å². The van der Waals surface area contributed by atoms with Crippen molar-refractivity contribution in [2.24, 2.45) is 5.92 Å². The third-order valence-electron chi connectivity index (χ3n) is 7.15. The summed E-state index contributed by atoms with van der Waals surface area (Å²) in [5.41, 5.74) is 2.85. The Hall–Kier alpha value is -2.33. The molecule has 166 valence electrons. The molecule has 1 N–H and O–H groups in total. The fourth-order valence-corrected chi connectivity index (χ4v) is 5.12. The van der Waals surface area contributed by atoms with Crippen molar-refractivity contribution in [2.45, 2.75) is 71.1 Å². The van der Waals surface area contributed by atoms with E-state index in [1.807, 2.05) is 30.3 Å². The van der Waals surface area contributed by atoms with E-state index in [-0.39, 0.29) is 17.6 Å². The molecular formula is C27H36N2O2. The van der Waals surface area contributed by atoms with Gasteiger partial charge in [0.2, 0.25) is 0 Å². The molecule has 0 saturated carbocycles. The van der Waals surface area contributed by atoms with Crippen LogP contribution in [0.2, 0.25) is 0 Å². The fraction of sp³-hybridized carbons (Fsp3) is 0.519. The molecule has 0 spiro atoms. The smallest absolute Gasteiger partial charge is 0.251 e. The highest BCUT2D eigenvalue weighted by molar-refractivity contribution is 5.94. The van der Waals surface area contributed by atoms with E-state index < -0.39 is 0 Å². The van der Waals surface area contributed by atoms with Crippen LogP contribution in [-0.2, 0) is 6.54 Å². The topological polar surface area (TPSA) is 41.6 Å². The first kappa shape index (κ1) is 21.9. The summed E-state index contributed by atoms with van der Waals surface area (Å²) in [6, 6.07) is 16.2. The molecular weight excluding hydrogens is 384 g/mol. The fourth-order valence-electron chi connectivity index (χ4n) is 5.12. The van der Waals surface area contributed by atoms with Crippen LogP contribution in [0.25, 0.3) is 0 Å². The van der Waals surface area contributed by atoms with Gasteiger partial charge in [-0.3, -0.25) is 9.69 Å². The van der Waals surface area contributed by atoms with Gasteiger partial charge >= 0.3 is 0 Å². The van der Waals surface area contributed by atoms with Crippen molar-refractivity contribution in [3.63, 3.8) is 0 Å². The lowest BCUT2D eigenvalue weighted by molar-refractivity contribution is 0.0227. The van der Waals surface area contributed by atoms with E-state index in [2.05, 4.69) is 49.2 Å². The summed E-state index contributed by atoms with van der Waals surface area (Å²) in [7, 11) is 0. The van der Waals surface area contributed by atoms with E-state index in [0.717, 1.165) is 48.6 Å². The molecule has 0 bridgehead atoms. The lowest BCUT2D eigenvalue weighted by Crippen LogP contribution is -2.44. The summed E-state index contributed by atoms with van der Waals surface area (Å²) in [5.74, 6) is 1.66. The molecule has 0 radical (unpaired) electrons. The monoisotopic (exact) mass is 420 g/mol. The number of para-hydroxylation sites is 1. The molecule has 2 aromatic carbocycles. The maximum atomic E-state index is 13.1. The molecule has 2 aliphatic rings. The molecule has 2 aliphatic heterocycles. The zero-order valence-corrected chi connectivity index (χ0v) is 19.2. The van der Waals surface area contributed by atoms with E-state index in [4.69, 9.17) is 4.74 Å². The number of carbonyl (C=O) groups excluding carboxylic acids is 1. The first-order valence-corrected chi connectivity index (χ1v) is 11.9. The molecule has 4 nitrogen and oxygen atoms in total. The lowest BCUT2D eigenvalue weighted by atomic mass is 9.83. The highest BCUT2D eigenvalue weighted by Gasteiger charge is 2.39. The summed E-state index contributed by atoms with van der Waals surface area (Å²) in [6.45, 7) is 9.97. The van der Waals surface area contributed by atoms with Gasteiger partial charge < -0.3 is 10.1 Å². The molecule has 0 aromatic heterocycles. The van der Waals surface area contributed by atoms with Crippen molar-refractivity contribution in [3.8, 4) is 5.75 Å². The third kappa shape index (κ3) is 4.95. The van der Waals surface area contributed by atoms with Crippen molar-refractivity contribution >= 4 is 5.91 Å². The first-order valence-electron chi connectivity index (χ1n) is 11.9. The van der Waals surface area contributed by atoms with Crippen LogP contribution in [0.4, 0.5) is 0 Å². The molecule has 0 unspecified atom stereocenters. The molecule has 2 aromatic rings. The second kappa shape index (κ2) is 9.44. The Kier molecular flexibility index (Phi) is 6.66. The van der Waals surface area contributed by atoms with Crippen LogP contribution in [0.1, 0.15) is 80.4 Å². The lowest BCUT2D eigenvalue weighted by Gasteiger charge is -2.41. The molecule has 1 saturated heterocycles. The van der Waals surface area contributed by atoms with Crippen LogP contribution in [0.15, 0.2) is 48.5 Å². The highest BCUT2D eigenvalue weighted by Crippen LogP contribution is 2.42. The molecule has 4 heteroatoms. The van der Waals surface area contributed by atoms with Gasteiger partial charge in [0.15, 0.2) is 0 Å². The molecule has 2 atom stereocenters. The third-order valence-corrected chi connectivity index (χ3v) is 7.15. The number of carbonyl (C=O) groups is 1. The number of rotatable bonds is 6. The van der Waals surface area contributed by atoms with Crippen LogP contribution < -0.4 is 10.1 Å². The van der Waals surface area contributed by atoms with E-state index in [9.17, 15) is 4.79 Å².